The predicted octanol–water partition coefficient (Wildman–Crippen LogP) is 2.52. The van der Waals surface area contributed by atoms with Crippen LogP contribution in [0.3, 0.4) is 0 Å². The lowest BCUT2D eigenvalue weighted by molar-refractivity contribution is -0.133. The molecule has 0 saturated heterocycles. The maximum atomic E-state index is 13.6. The van der Waals surface area contributed by atoms with Crippen molar-refractivity contribution in [3.05, 3.63) is 35.4 Å². The third kappa shape index (κ3) is 4.00. The minimum atomic E-state index is -0.977. The number of halogens is 2. The molecule has 1 aromatic carbocycles. The van der Waals surface area contributed by atoms with Gasteiger partial charge in [0.1, 0.15) is 0 Å². The molecule has 0 aromatic heterocycles. The minimum absolute atomic E-state index is 0.00581. The molecule has 1 amide bonds. The molecule has 0 aliphatic rings. The summed E-state index contributed by atoms with van der Waals surface area (Å²) in [5, 5.41) is 9.06. The number of nitrogens with zero attached hydrogens (tertiary/aromatic N) is 1. The lowest BCUT2D eigenvalue weighted by Gasteiger charge is -2.30. The zero-order valence-corrected chi connectivity index (χ0v) is 11.9. The van der Waals surface area contributed by atoms with E-state index >= 15 is 0 Å². The lowest BCUT2D eigenvalue weighted by Crippen LogP contribution is -2.42. The van der Waals surface area contributed by atoms with Crippen molar-refractivity contribution in [2.45, 2.75) is 39.2 Å². The summed E-state index contributed by atoms with van der Waals surface area (Å²) >= 11 is 0. The van der Waals surface area contributed by atoms with Gasteiger partial charge in [-0.15, -0.1) is 0 Å². The van der Waals surface area contributed by atoms with E-state index in [1.807, 2.05) is 13.8 Å². The molecule has 0 fully saturated rings. The number of rotatable bonds is 7. The zero-order valence-electron chi connectivity index (χ0n) is 11.9. The van der Waals surface area contributed by atoms with Crippen LogP contribution in [-0.2, 0) is 11.2 Å². The summed E-state index contributed by atoms with van der Waals surface area (Å²) in [5.74, 6) is -2.22. The van der Waals surface area contributed by atoms with E-state index < -0.39 is 11.6 Å². The summed E-state index contributed by atoms with van der Waals surface area (Å²) in [4.78, 5) is 13.8. The number of carbonyl (C=O) groups is 1. The molecule has 1 aromatic rings. The summed E-state index contributed by atoms with van der Waals surface area (Å²) in [6.07, 6.45) is 1.32. The van der Waals surface area contributed by atoms with E-state index in [0.29, 0.717) is 0 Å². The van der Waals surface area contributed by atoms with Crippen molar-refractivity contribution < 1.29 is 18.7 Å². The SMILES string of the molecule is CCC(CC)N(CCO)C(=O)Cc1cccc(F)c1F. The minimum Gasteiger partial charge on any atom is -0.395 e. The quantitative estimate of drug-likeness (QED) is 0.836. The van der Waals surface area contributed by atoms with E-state index in [1.165, 1.54) is 12.1 Å². The van der Waals surface area contributed by atoms with Gasteiger partial charge in [-0.25, -0.2) is 8.78 Å². The van der Waals surface area contributed by atoms with Crippen molar-refractivity contribution in [2.75, 3.05) is 13.2 Å². The highest BCUT2D eigenvalue weighted by Crippen LogP contribution is 2.15. The van der Waals surface area contributed by atoms with Gasteiger partial charge >= 0.3 is 0 Å². The smallest absolute Gasteiger partial charge is 0.227 e. The van der Waals surface area contributed by atoms with Crippen LogP contribution in [0.15, 0.2) is 18.2 Å². The molecule has 0 spiro atoms. The summed E-state index contributed by atoms with van der Waals surface area (Å²) in [6.45, 7) is 3.97. The van der Waals surface area contributed by atoms with Gasteiger partial charge in [-0.05, 0) is 18.9 Å². The monoisotopic (exact) mass is 285 g/mol. The van der Waals surface area contributed by atoms with Crippen LogP contribution < -0.4 is 0 Å². The molecule has 1 rings (SSSR count). The fraction of sp³-hybridized carbons (Fsp3) is 0.533. The Labute approximate surface area is 118 Å². The molecule has 112 valence electrons. The molecule has 0 unspecified atom stereocenters. The normalized spacial score (nSPS) is 10.9. The molecule has 0 saturated carbocycles. The van der Waals surface area contributed by atoms with Crippen molar-refractivity contribution in [3.63, 3.8) is 0 Å². The van der Waals surface area contributed by atoms with Crippen LogP contribution in [0.1, 0.15) is 32.3 Å². The second-order valence-corrected chi connectivity index (χ2v) is 4.67. The molecule has 1 N–H and O–H groups in total. The molecule has 0 bridgehead atoms. The van der Waals surface area contributed by atoms with E-state index in [4.69, 9.17) is 5.11 Å². The Hall–Kier alpha value is -1.49. The largest absolute Gasteiger partial charge is 0.395 e. The van der Waals surface area contributed by atoms with Crippen LogP contribution in [0.5, 0.6) is 0 Å². The first-order valence-corrected chi connectivity index (χ1v) is 6.88. The number of hydrogen-bond acceptors (Lipinski definition) is 2. The van der Waals surface area contributed by atoms with Gasteiger partial charge in [0.2, 0.25) is 5.91 Å². The predicted molar refractivity (Wildman–Crippen MR) is 73.2 cm³/mol. The molecule has 0 radical (unpaired) electrons. The highest BCUT2D eigenvalue weighted by atomic mass is 19.2. The lowest BCUT2D eigenvalue weighted by atomic mass is 10.1. The van der Waals surface area contributed by atoms with Crippen molar-refractivity contribution in [1.29, 1.82) is 0 Å². The van der Waals surface area contributed by atoms with Crippen molar-refractivity contribution in [3.8, 4) is 0 Å². The number of hydrogen-bond donors (Lipinski definition) is 1. The van der Waals surface area contributed by atoms with Crippen LogP contribution in [0.25, 0.3) is 0 Å². The fourth-order valence-corrected chi connectivity index (χ4v) is 2.30. The Balaban J connectivity index is 2.88. The van der Waals surface area contributed by atoms with E-state index in [2.05, 4.69) is 0 Å². The van der Waals surface area contributed by atoms with Crippen LogP contribution in [0.4, 0.5) is 8.78 Å². The summed E-state index contributed by atoms with van der Waals surface area (Å²) in [6, 6.07) is 3.82. The Morgan fingerprint density at radius 2 is 1.95 bits per heavy atom. The first kappa shape index (κ1) is 16.6. The molecule has 0 aliphatic heterocycles. The van der Waals surface area contributed by atoms with E-state index in [1.54, 1.807) is 4.90 Å². The topological polar surface area (TPSA) is 40.5 Å². The Morgan fingerprint density at radius 1 is 1.30 bits per heavy atom. The molecular weight excluding hydrogens is 264 g/mol. The van der Waals surface area contributed by atoms with Gasteiger partial charge in [0.25, 0.3) is 0 Å². The van der Waals surface area contributed by atoms with Crippen molar-refractivity contribution >= 4 is 5.91 Å². The van der Waals surface area contributed by atoms with E-state index in [9.17, 15) is 13.6 Å². The Morgan fingerprint density at radius 3 is 2.50 bits per heavy atom. The number of benzene rings is 1. The van der Waals surface area contributed by atoms with E-state index in [-0.39, 0.29) is 37.1 Å². The second kappa shape index (κ2) is 7.94. The number of aliphatic hydroxyl groups excluding tert-OH is 1. The molecule has 3 nitrogen and oxygen atoms in total. The maximum absolute atomic E-state index is 13.6. The molecule has 20 heavy (non-hydrogen) atoms. The maximum Gasteiger partial charge on any atom is 0.227 e. The average Bonchev–Trinajstić information content (AvgIpc) is 2.44. The van der Waals surface area contributed by atoms with Gasteiger partial charge in [0.05, 0.1) is 13.0 Å². The Bertz CT molecular complexity index is 447. The van der Waals surface area contributed by atoms with Crippen LogP contribution >= 0.6 is 0 Å². The molecule has 0 atom stereocenters. The fourth-order valence-electron chi connectivity index (χ4n) is 2.30. The third-order valence-corrected chi connectivity index (χ3v) is 3.42. The van der Waals surface area contributed by atoms with Crippen molar-refractivity contribution in [2.24, 2.45) is 0 Å². The van der Waals surface area contributed by atoms with Crippen LogP contribution in [-0.4, -0.2) is 35.1 Å². The highest BCUT2D eigenvalue weighted by Gasteiger charge is 2.22. The summed E-state index contributed by atoms with van der Waals surface area (Å²) in [5.41, 5.74) is 0.0453. The zero-order chi connectivity index (χ0) is 15.1. The second-order valence-electron chi connectivity index (χ2n) is 4.67. The van der Waals surface area contributed by atoms with E-state index in [0.717, 1.165) is 18.9 Å². The average molecular weight is 285 g/mol. The van der Waals surface area contributed by atoms with Gasteiger partial charge in [-0.2, -0.15) is 0 Å². The highest BCUT2D eigenvalue weighted by molar-refractivity contribution is 5.79. The summed E-state index contributed by atoms with van der Waals surface area (Å²) in [7, 11) is 0. The van der Waals surface area contributed by atoms with Gasteiger partial charge in [0.15, 0.2) is 11.6 Å². The van der Waals surface area contributed by atoms with Crippen LogP contribution in [0, 0.1) is 11.6 Å². The Kier molecular flexibility index (Phi) is 6.58. The molecular formula is C15H21F2NO2. The molecule has 0 aliphatic carbocycles. The molecule has 0 heterocycles. The summed E-state index contributed by atoms with van der Waals surface area (Å²) < 4.78 is 26.7. The molecule has 5 heteroatoms. The van der Waals surface area contributed by atoms with Gasteiger partial charge in [-0.1, -0.05) is 26.0 Å². The number of aliphatic hydroxyl groups is 1. The van der Waals surface area contributed by atoms with Gasteiger partial charge < -0.3 is 10.0 Å². The third-order valence-electron chi connectivity index (χ3n) is 3.42. The first-order chi connectivity index (χ1) is 9.54. The standard InChI is InChI=1S/C15H21F2NO2/c1-3-12(4-2)18(8-9-19)14(20)10-11-6-5-7-13(16)15(11)17/h5-7,12,19H,3-4,8-10H2,1-2H3. The van der Waals surface area contributed by atoms with Crippen LogP contribution in [0.2, 0.25) is 0 Å². The number of amides is 1. The van der Waals surface area contributed by atoms with Gasteiger partial charge in [-0.3, -0.25) is 4.79 Å². The van der Waals surface area contributed by atoms with Gasteiger partial charge in [0, 0.05) is 18.2 Å². The first-order valence-electron chi connectivity index (χ1n) is 6.88. The number of carbonyl (C=O) groups excluding carboxylic acids is 1. The van der Waals surface area contributed by atoms with Crippen molar-refractivity contribution in [1.82, 2.24) is 4.90 Å².